The lowest BCUT2D eigenvalue weighted by Gasteiger charge is -2.13. The Morgan fingerprint density at radius 2 is 1.13 bits per heavy atom. The molecule has 2 aliphatic heterocycles. The molecule has 0 spiro atoms. The number of rotatable bonds is 24. The van der Waals surface area contributed by atoms with E-state index in [2.05, 4.69) is 57.9 Å². The summed E-state index contributed by atoms with van der Waals surface area (Å²) in [6.45, 7) is 11.8. The van der Waals surface area contributed by atoms with Gasteiger partial charge in [-0.1, -0.05) is 71.2 Å². The lowest BCUT2D eigenvalue weighted by atomic mass is 9.97. The average molecular weight is 1390 g/mol. The van der Waals surface area contributed by atoms with Gasteiger partial charge in [0, 0.05) is 111 Å². The summed E-state index contributed by atoms with van der Waals surface area (Å²) in [5.74, 6) is 2.56. The molecule has 1 aliphatic carbocycles. The van der Waals surface area contributed by atoms with Gasteiger partial charge >= 0.3 is 0 Å². The molecule has 0 saturated carbocycles. The molecule has 10 heterocycles. The summed E-state index contributed by atoms with van der Waals surface area (Å²) in [5, 5.41) is 13.1. The maximum atomic E-state index is 13.0. The van der Waals surface area contributed by atoms with Crippen molar-refractivity contribution in [2.24, 2.45) is 15.7 Å². The van der Waals surface area contributed by atoms with Crippen molar-refractivity contribution in [3.63, 3.8) is 0 Å². The Bertz CT molecular complexity index is 4340. The maximum absolute atomic E-state index is 13.0. The number of nitrogens with two attached hydrogens (primary N) is 3. The minimum atomic E-state index is -1.12. The second-order valence-corrected chi connectivity index (χ2v) is 32.1. The molecule has 7 N–H and O–H groups in total. The highest BCUT2D eigenvalue weighted by Crippen LogP contribution is 2.46. The van der Waals surface area contributed by atoms with E-state index in [1.807, 2.05) is 96.9 Å². The number of fused-ring (bicyclic) bond motifs is 3. The van der Waals surface area contributed by atoms with E-state index in [4.69, 9.17) is 36.9 Å². The molecule has 8 aromatic heterocycles. The van der Waals surface area contributed by atoms with Crippen LogP contribution in [-0.2, 0) is 54.9 Å². The van der Waals surface area contributed by atoms with Crippen LogP contribution >= 0.6 is 56.7 Å². The zero-order valence-electron chi connectivity index (χ0n) is 52.5. The lowest BCUT2D eigenvalue weighted by molar-refractivity contribution is -0.121. The molecule has 482 valence electrons. The number of anilines is 2. The number of unbranched alkanes of at least 4 members (excludes halogenated alkanes) is 3. The van der Waals surface area contributed by atoms with Crippen LogP contribution in [0.5, 0.6) is 0 Å². The van der Waals surface area contributed by atoms with Crippen LogP contribution in [0, 0.1) is 0 Å². The Hall–Kier alpha value is -6.88. The number of benzene rings is 1. The molecule has 26 heteroatoms. The van der Waals surface area contributed by atoms with Gasteiger partial charge in [0.1, 0.15) is 44.5 Å². The third-order valence-electron chi connectivity index (χ3n) is 15.0. The summed E-state index contributed by atoms with van der Waals surface area (Å²) < 4.78 is 45.8. The summed E-state index contributed by atoms with van der Waals surface area (Å²) >= 11 is 7.51. The van der Waals surface area contributed by atoms with Gasteiger partial charge in [-0.2, -0.15) is 0 Å². The molecule has 1 aromatic carbocycles. The fourth-order valence-corrected chi connectivity index (χ4v) is 19.2. The number of hydrogen-bond donors (Lipinski definition) is 4. The Balaban J connectivity index is 0.000000152. The minimum absolute atomic E-state index is 0.0133. The molecule has 1 amide bonds. The first-order valence-corrected chi connectivity index (χ1v) is 38.8. The number of aliphatic imine (C=N–C) groups is 2. The van der Waals surface area contributed by atoms with Gasteiger partial charge in [-0.15, -0.1) is 56.7 Å². The largest absolute Gasteiger partial charge is 0.481 e. The predicted molar refractivity (Wildman–Crippen MR) is 389 cm³/mol. The summed E-state index contributed by atoms with van der Waals surface area (Å²) in [6, 6.07) is 14.2. The van der Waals surface area contributed by atoms with Crippen LogP contribution in [0.15, 0.2) is 113 Å². The van der Waals surface area contributed by atoms with Gasteiger partial charge in [0.2, 0.25) is 5.91 Å². The number of ether oxygens (including phenoxy) is 1. The van der Waals surface area contributed by atoms with Crippen molar-refractivity contribution in [3.8, 4) is 43.2 Å². The van der Waals surface area contributed by atoms with Crippen LogP contribution in [0.1, 0.15) is 120 Å². The standard InChI is InChI=1S/C26H31N5O2S2.C21H24N4O2S3.C19H20N4OS3/c1-4-5-12-35(33)22-14-20-24(25(22)27)19(13-21(30-20)26-28-10-11-34-26)18-8-6-17(7-9-18)15-29-23(32)16-31(2)3;1-3-5-9-30(26)21-18(22)17-14(13-10-16(24-12-13)27-7-4-2)11-15(25-20(17)29-21)19-23-6-8-28-19;1-3-4-7-27(24)19-16(20)15-13(12-8-11(2)22-10-12)9-14(23-18(15)26-19)17-21-5-6-25-17/h6-11,13H,4-5,12,14-16,27H2,1-3H3,(H,29,32);6,8,11-12H,3-5,7,9-10,22H2,1-2H3;5-6,9-10H,3-4,7-8,20H2,1-2H3. The number of nitrogen functional groups attached to an aromatic ring is 2. The van der Waals surface area contributed by atoms with E-state index < -0.39 is 32.4 Å². The first-order chi connectivity index (χ1) is 44.6. The van der Waals surface area contributed by atoms with Gasteiger partial charge in [-0.3, -0.25) is 22.4 Å². The smallest absolute Gasteiger partial charge is 0.234 e. The first kappa shape index (κ1) is 68.0. The maximum Gasteiger partial charge on any atom is 0.234 e. The van der Waals surface area contributed by atoms with E-state index in [-0.39, 0.29) is 5.91 Å². The van der Waals surface area contributed by atoms with E-state index >= 15 is 0 Å². The number of amides is 1. The van der Waals surface area contributed by atoms with Crippen molar-refractivity contribution < 1.29 is 22.2 Å². The highest BCUT2D eigenvalue weighted by atomic mass is 32.2. The van der Waals surface area contributed by atoms with Crippen LogP contribution < -0.4 is 22.5 Å². The van der Waals surface area contributed by atoms with Crippen molar-refractivity contribution >= 4 is 155 Å². The monoisotopic (exact) mass is 1390 g/mol. The number of carbonyl (C=O) groups excluding carboxylic acids is 1. The minimum Gasteiger partial charge on any atom is -0.481 e. The first-order valence-electron chi connectivity index (χ1n) is 30.5. The van der Waals surface area contributed by atoms with Crippen LogP contribution in [0.25, 0.3) is 80.5 Å². The van der Waals surface area contributed by atoms with E-state index in [1.165, 1.54) is 34.0 Å². The summed E-state index contributed by atoms with van der Waals surface area (Å²) in [7, 11) is 0.399. The molecule has 0 radical (unpaired) electrons. The molecule has 92 heavy (non-hydrogen) atoms. The third kappa shape index (κ3) is 16.0. The molecule has 0 bridgehead atoms. The highest BCUT2D eigenvalue weighted by Gasteiger charge is 2.30. The van der Waals surface area contributed by atoms with E-state index in [0.29, 0.717) is 77.0 Å². The van der Waals surface area contributed by atoms with Crippen molar-refractivity contribution in [3.05, 3.63) is 122 Å². The number of thiophene rings is 2. The zero-order valence-corrected chi connectivity index (χ0v) is 59.1. The van der Waals surface area contributed by atoms with E-state index in [0.717, 1.165) is 169 Å². The summed E-state index contributed by atoms with van der Waals surface area (Å²) in [6.07, 6.45) is 17.6. The summed E-state index contributed by atoms with van der Waals surface area (Å²) in [4.78, 5) is 52.8. The Labute approximate surface area is 564 Å². The number of aromatic nitrogens is 6. The number of nitrogens with one attached hydrogen (secondary N) is 1. The van der Waals surface area contributed by atoms with Crippen molar-refractivity contribution in [2.75, 3.05) is 56.0 Å². The van der Waals surface area contributed by atoms with Crippen molar-refractivity contribution in [2.45, 2.75) is 114 Å². The molecule has 9 aromatic rings. The molecule has 12 rings (SSSR count). The predicted octanol–water partition coefficient (Wildman–Crippen LogP) is 14.4. The molecule has 0 fully saturated rings. The number of allylic oxidation sites excluding steroid dienone is 2. The van der Waals surface area contributed by atoms with Crippen molar-refractivity contribution in [1.82, 2.24) is 40.1 Å². The lowest BCUT2D eigenvalue weighted by Crippen LogP contribution is -2.32. The van der Waals surface area contributed by atoms with Crippen LogP contribution in [-0.4, -0.2) is 109 Å². The van der Waals surface area contributed by atoms with Gasteiger partial charge < -0.3 is 32.2 Å². The van der Waals surface area contributed by atoms with Gasteiger partial charge in [0.25, 0.3) is 0 Å². The molecule has 18 nitrogen and oxygen atoms in total. The van der Waals surface area contributed by atoms with Gasteiger partial charge in [0.05, 0.1) is 80.4 Å². The number of pyridine rings is 3. The number of likely N-dealkylation sites (N-methyl/N-ethyl adjacent to an activating group) is 1. The topological polar surface area (TPSA) is 273 Å². The number of carbonyl (C=O) groups is 1. The van der Waals surface area contributed by atoms with Crippen LogP contribution in [0.4, 0.5) is 11.4 Å². The average Bonchev–Trinajstić information content (AvgIpc) is 1.63. The molecular weight excluding hydrogens is 1310 g/mol. The molecular formula is C66H75N13O5S8. The van der Waals surface area contributed by atoms with E-state index in [9.17, 15) is 17.4 Å². The molecule has 3 aliphatic rings. The van der Waals surface area contributed by atoms with Gasteiger partial charge in [-0.25, -0.2) is 34.9 Å². The fraction of sp³-hybridized carbons (Fsp3) is 0.348. The Morgan fingerprint density at radius 1 is 0.630 bits per heavy atom. The SMILES string of the molecule is CCCCS(=O)C1=C(N)c2c(-c3ccc(CNC(=O)CN(C)C)cc3)cc(-c3nccs3)nc2C1.CCCCS(=O)c1sc2nc(-c3nccs3)cc(C3=CN=C(C)C3)c2c1N.CCCCS(=O)c1sc2nc(-c3nccs3)cc(C3=CN=C(OCCC)C3)c2c1N. The van der Waals surface area contributed by atoms with Crippen LogP contribution in [0.3, 0.4) is 0 Å². The van der Waals surface area contributed by atoms with Gasteiger partial charge in [-0.05, 0) is 104 Å². The molecule has 0 saturated heterocycles. The van der Waals surface area contributed by atoms with E-state index in [1.54, 1.807) is 41.3 Å². The second-order valence-electron chi connectivity index (χ2n) is 22.3. The van der Waals surface area contributed by atoms with Gasteiger partial charge in [0.15, 0.2) is 5.90 Å². The number of hydrogen-bond acceptors (Lipinski definition) is 22. The second kappa shape index (κ2) is 31.8. The number of nitrogens with zero attached hydrogens (tertiary/aromatic N) is 9. The Morgan fingerprint density at radius 3 is 1.61 bits per heavy atom. The highest BCUT2D eigenvalue weighted by molar-refractivity contribution is 7.89. The normalized spacial score (nSPS) is 14.5. The van der Waals surface area contributed by atoms with Crippen LogP contribution in [0.2, 0.25) is 0 Å². The molecule has 3 unspecified atom stereocenters. The molecule has 3 atom stereocenters. The van der Waals surface area contributed by atoms with Crippen molar-refractivity contribution in [1.29, 1.82) is 0 Å². The third-order valence-corrected chi connectivity index (χ3v) is 24.9. The Kier molecular flexibility index (Phi) is 23.5. The fourth-order valence-electron chi connectivity index (χ4n) is 10.3. The zero-order chi connectivity index (χ0) is 65.0. The quantitative estimate of drug-likeness (QED) is 0.0438. The number of thiazole rings is 3. The summed E-state index contributed by atoms with van der Waals surface area (Å²) in [5.41, 5.74) is 33.7.